The number of nitro groups is 2. The van der Waals surface area contributed by atoms with Gasteiger partial charge in [-0.3, -0.25) is 29.8 Å². The lowest BCUT2D eigenvalue weighted by Gasteiger charge is -2.20. The zero-order chi connectivity index (χ0) is 28.6. The van der Waals surface area contributed by atoms with Crippen LogP contribution < -0.4 is 25.5 Å². The Hall–Kier alpha value is -5.98. The van der Waals surface area contributed by atoms with Gasteiger partial charge in [0, 0.05) is 53.8 Å². The molecule has 4 rings (SSSR count). The number of nitrogens with one attached hydrogen (secondary N) is 2. The minimum atomic E-state index is -0.534. The van der Waals surface area contributed by atoms with Crippen molar-refractivity contribution in [3.05, 3.63) is 128 Å². The zero-order valence-corrected chi connectivity index (χ0v) is 20.8. The molecule has 0 bridgehead atoms. The number of nitro benzene ring substituents is 2. The van der Waals surface area contributed by atoms with Crippen molar-refractivity contribution in [2.24, 2.45) is 0 Å². The molecule has 0 saturated carbocycles. The number of nitrogens with zero attached hydrogens (tertiary/aromatic N) is 3. The fourth-order valence-electron chi connectivity index (χ4n) is 3.42. The van der Waals surface area contributed by atoms with Crippen LogP contribution in [0.5, 0.6) is 11.5 Å². The number of hydrogen-bond acceptors (Lipinski definition) is 9. The summed E-state index contributed by atoms with van der Waals surface area (Å²) in [7, 11) is 1.82. The van der Waals surface area contributed by atoms with E-state index in [2.05, 4.69) is 11.0 Å². The van der Waals surface area contributed by atoms with E-state index in [4.69, 9.17) is 9.68 Å². The average molecular weight is 543 g/mol. The summed E-state index contributed by atoms with van der Waals surface area (Å²) in [5.41, 5.74) is 6.60. The largest absolute Gasteiger partial charge is 0.379 e. The molecule has 0 saturated heterocycles. The highest BCUT2D eigenvalue weighted by atomic mass is 16.7. The van der Waals surface area contributed by atoms with Crippen LogP contribution >= 0.6 is 0 Å². The van der Waals surface area contributed by atoms with Crippen LogP contribution in [-0.2, 0) is 0 Å². The van der Waals surface area contributed by atoms with Crippen LogP contribution in [0, 0.1) is 20.2 Å². The SMILES string of the molecule is CN(c1ccc(C(=O)NOc2ccc([N+](=O)[O-])cc2)cc1)c1ccc(C(=O)NOc2ccc([N+](=O)[O-])cc2)cc1. The Kier molecular flexibility index (Phi) is 8.15. The molecule has 13 nitrogen and oxygen atoms in total. The van der Waals surface area contributed by atoms with Crippen LogP contribution in [0.4, 0.5) is 22.7 Å². The van der Waals surface area contributed by atoms with Gasteiger partial charge >= 0.3 is 0 Å². The smallest absolute Gasteiger partial charge is 0.283 e. The maximum Gasteiger partial charge on any atom is 0.283 e. The highest BCUT2D eigenvalue weighted by molar-refractivity contribution is 5.95. The van der Waals surface area contributed by atoms with Crippen molar-refractivity contribution in [3.8, 4) is 11.5 Å². The lowest BCUT2D eigenvalue weighted by molar-refractivity contribution is -0.385. The topological polar surface area (TPSA) is 166 Å². The maximum absolute atomic E-state index is 12.4. The van der Waals surface area contributed by atoms with Gasteiger partial charge in [0.15, 0.2) is 11.5 Å². The Morgan fingerprint density at radius 2 is 0.925 bits per heavy atom. The first kappa shape index (κ1) is 27.1. The molecule has 0 aliphatic rings. The Morgan fingerprint density at radius 1 is 0.600 bits per heavy atom. The third-order valence-corrected chi connectivity index (χ3v) is 5.65. The second-order valence-corrected chi connectivity index (χ2v) is 8.22. The monoisotopic (exact) mass is 543 g/mol. The third-order valence-electron chi connectivity index (χ3n) is 5.65. The number of hydroxylamine groups is 2. The van der Waals surface area contributed by atoms with E-state index in [9.17, 15) is 29.8 Å². The molecule has 0 aliphatic heterocycles. The van der Waals surface area contributed by atoms with Crippen molar-refractivity contribution in [1.29, 1.82) is 0 Å². The molecule has 4 aromatic carbocycles. The normalized spacial score (nSPS) is 10.2. The Morgan fingerprint density at radius 3 is 1.23 bits per heavy atom. The molecule has 0 atom stereocenters. The Balaban J connectivity index is 1.30. The summed E-state index contributed by atoms with van der Waals surface area (Å²) < 4.78 is 0. The number of carbonyl (C=O) groups is 2. The van der Waals surface area contributed by atoms with Gasteiger partial charge in [0.1, 0.15) is 0 Å². The Bertz CT molecular complexity index is 1410. The van der Waals surface area contributed by atoms with Gasteiger partial charge in [-0.25, -0.2) is 0 Å². The maximum atomic E-state index is 12.4. The molecule has 2 amide bonds. The van der Waals surface area contributed by atoms with Gasteiger partial charge in [0.2, 0.25) is 0 Å². The number of amides is 2. The van der Waals surface area contributed by atoms with Gasteiger partial charge in [-0.05, 0) is 72.8 Å². The van der Waals surface area contributed by atoms with Gasteiger partial charge in [-0.15, -0.1) is 0 Å². The van der Waals surface area contributed by atoms with Gasteiger partial charge in [0.25, 0.3) is 23.2 Å². The van der Waals surface area contributed by atoms with E-state index in [-0.39, 0.29) is 22.9 Å². The number of benzene rings is 4. The van der Waals surface area contributed by atoms with Crippen molar-refractivity contribution in [3.63, 3.8) is 0 Å². The summed E-state index contributed by atoms with van der Waals surface area (Å²) in [5.74, 6) is -0.520. The minimum Gasteiger partial charge on any atom is -0.379 e. The van der Waals surface area contributed by atoms with Crippen molar-refractivity contribution in [2.75, 3.05) is 11.9 Å². The van der Waals surface area contributed by atoms with E-state index < -0.39 is 21.7 Å². The fourth-order valence-corrected chi connectivity index (χ4v) is 3.42. The lowest BCUT2D eigenvalue weighted by atomic mass is 10.1. The van der Waals surface area contributed by atoms with Crippen LogP contribution in [0.2, 0.25) is 0 Å². The van der Waals surface area contributed by atoms with Crippen LogP contribution in [0.25, 0.3) is 0 Å². The predicted molar refractivity (Wildman–Crippen MR) is 143 cm³/mol. The highest BCUT2D eigenvalue weighted by Crippen LogP contribution is 2.24. The van der Waals surface area contributed by atoms with Crippen LogP contribution in [-0.4, -0.2) is 28.7 Å². The van der Waals surface area contributed by atoms with Crippen LogP contribution in [0.3, 0.4) is 0 Å². The second kappa shape index (κ2) is 12.0. The summed E-state index contributed by atoms with van der Waals surface area (Å²) in [6, 6.07) is 23.9. The van der Waals surface area contributed by atoms with Crippen molar-refractivity contribution >= 4 is 34.6 Å². The van der Waals surface area contributed by atoms with E-state index in [0.29, 0.717) is 11.1 Å². The summed E-state index contributed by atoms with van der Waals surface area (Å²) >= 11 is 0. The number of hydrogen-bond donors (Lipinski definition) is 2. The lowest BCUT2D eigenvalue weighted by Crippen LogP contribution is -2.27. The molecule has 13 heteroatoms. The standard InChI is InChI=1S/C27H21N5O8/c1-30(20-6-2-18(3-7-20)26(33)28-39-24-14-10-22(11-15-24)31(35)36)21-8-4-19(5-9-21)27(34)29-40-25-16-12-23(13-17-25)32(37)38/h2-17H,1H3,(H,28,33)(H,29,34). The van der Waals surface area contributed by atoms with Crippen LogP contribution in [0.1, 0.15) is 20.7 Å². The molecule has 0 heterocycles. The Labute approximate surface area is 226 Å². The number of non-ortho nitro benzene ring substituents is 2. The highest BCUT2D eigenvalue weighted by Gasteiger charge is 2.12. The summed E-state index contributed by atoms with van der Waals surface area (Å²) in [4.78, 5) is 57.4. The molecule has 0 spiro atoms. The number of anilines is 2. The van der Waals surface area contributed by atoms with E-state index in [1.54, 1.807) is 48.5 Å². The van der Waals surface area contributed by atoms with Crippen molar-refractivity contribution in [1.82, 2.24) is 11.0 Å². The van der Waals surface area contributed by atoms with E-state index in [0.717, 1.165) is 11.4 Å². The molecule has 0 aliphatic carbocycles. The van der Waals surface area contributed by atoms with Crippen molar-refractivity contribution in [2.45, 2.75) is 0 Å². The minimum absolute atomic E-state index is 0.0926. The zero-order valence-electron chi connectivity index (χ0n) is 20.8. The molecule has 0 aromatic heterocycles. The molecule has 2 N–H and O–H groups in total. The van der Waals surface area contributed by atoms with Crippen LogP contribution in [0.15, 0.2) is 97.1 Å². The first-order chi connectivity index (χ1) is 19.2. The van der Waals surface area contributed by atoms with Gasteiger partial charge in [0.05, 0.1) is 9.85 Å². The first-order valence-corrected chi connectivity index (χ1v) is 11.6. The first-order valence-electron chi connectivity index (χ1n) is 11.6. The van der Waals surface area contributed by atoms with Gasteiger partial charge < -0.3 is 14.6 Å². The number of carbonyl (C=O) groups excluding carboxylic acids is 2. The third kappa shape index (κ3) is 6.66. The predicted octanol–water partition coefficient (Wildman–Crippen LogP) is 4.72. The van der Waals surface area contributed by atoms with Gasteiger partial charge in [-0.1, -0.05) is 0 Å². The molecule has 0 radical (unpaired) electrons. The van der Waals surface area contributed by atoms with E-state index in [1.807, 2.05) is 11.9 Å². The molecule has 0 unspecified atom stereocenters. The summed E-state index contributed by atoms with van der Waals surface area (Å²) in [6.45, 7) is 0. The van der Waals surface area contributed by atoms with Gasteiger partial charge in [-0.2, -0.15) is 11.0 Å². The molecular weight excluding hydrogens is 522 g/mol. The molecule has 4 aromatic rings. The molecule has 40 heavy (non-hydrogen) atoms. The molecule has 0 fully saturated rings. The molecule has 202 valence electrons. The average Bonchev–Trinajstić information content (AvgIpc) is 2.98. The second-order valence-electron chi connectivity index (χ2n) is 8.22. The summed E-state index contributed by atoms with van der Waals surface area (Å²) in [5, 5.41) is 21.4. The number of rotatable bonds is 10. The van der Waals surface area contributed by atoms with E-state index >= 15 is 0 Å². The molecular formula is C27H21N5O8. The van der Waals surface area contributed by atoms with E-state index in [1.165, 1.54) is 48.5 Å². The fraction of sp³-hybridized carbons (Fsp3) is 0.0370. The quantitative estimate of drug-likeness (QED) is 0.212. The summed E-state index contributed by atoms with van der Waals surface area (Å²) in [6.07, 6.45) is 0. The van der Waals surface area contributed by atoms with Crippen molar-refractivity contribution < 1.29 is 29.1 Å².